The quantitative estimate of drug-likeness (QED) is 0.671. The summed E-state index contributed by atoms with van der Waals surface area (Å²) in [5, 5.41) is 1.29. The lowest BCUT2D eigenvalue weighted by atomic mass is 9.89. The lowest BCUT2D eigenvalue weighted by Gasteiger charge is -2.45. The summed E-state index contributed by atoms with van der Waals surface area (Å²) in [6.45, 7) is 5.76. The number of sulfonamides is 1. The highest BCUT2D eigenvalue weighted by atomic mass is 35.5. The van der Waals surface area contributed by atoms with Gasteiger partial charge in [0.1, 0.15) is 0 Å². The lowest BCUT2D eigenvalue weighted by molar-refractivity contribution is 0.124. The maximum Gasteiger partial charge on any atom is 0.240 e. The molecule has 0 bridgehead atoms. The monoisotopic (exact) mass is 481 g/mol. The molecule has 0 unspecified atom stereocenters. The van der Waals surface area contributed by atoms with Gasteiger partial charge in [-0.3, -0.25) is 4.90 Å². The van der Waals surface area contributed by atoms with Gasteiger partial charge in [-0.15, -0.1) is 0 Å². The van der Waals surface area contributed by atoms with Crippen molar-refractivity contribution in [2.45, 2.75) is 49.6 Å². The van der Waals surface area contributed by atoms with E-state index in [1.165, 1.54) is 11.3 Å². The van der Waals surface area contributed by atoms with Gasteiger partial charge in [0, 0.05) is 54.0 Å². The summed E-state index contributed by atoms with van der Waals surface area (Å²) in [7, 11) is -3.57. The Labute approximate surface area is 195 Å². The van der Waals surface area contributed by atoms with E-state index < -0.39 is 10.0 Å². The van der Waals surface area contributed by atoms with Gasteiger partial charge >= 0.3 is 0 Å². The number of nitrogens with one attached hydrogen (secondary N) is 1. The zero-order chi connectivity index (χ0) is 22.0. The van der Waals surface area contributed by atoms with Gasteiger partial charge < -0.3 is 4.90 Å². The van der Waals surface area contributed by atoms with Gasteiger partial charge in [0.25, 0.3) is 0 Å². The molecule has 1 aliphatic heterocycles. The van der Waals surface area contributed by atoms with Crippen LogP contribution in [-0.2, 0) is 10.0 Å². The van der Waals surface area contributed by atoms with Crippen LogP contribution in [0.25, 0.3) is 0 Å². The van der Waals surface area contributed by atoms with E-state index in [9.17, 15) is 8.42 Å². The van der Waals surface area contributed by atoms with Crippen LogP contribution in [0.15, 0.2) is 47.4 Å². The maximum atomic E-state index is 13.0. The molecule has 1 saturated carbocycles. The highest BCUT2D eigenvalue weighted by molar-refractivity contribution is 7.89. The van der Waals surface area contributed by atoms with E-state index in [1.807, 2.05) is 12.1 Å². The second-order valence-electron chi connectivity index (χ2n) is 8.49. The summed E-state index contributed by atoms with van der Waals surface area (Å²) in [6, 6.07) is 12.5. The maximum absolute atomic E-state index is 13.0. The molecule has 0 aromatic heterocycles. The fraction of sp³-hybridized carbons (Fsp3) is 0.478. The van der Waals surface area contributed by atoms with Crippen molar-refractivity contribution in [1.82, 2.24) is 9.62 Å². The molecule has 2 fully saturated rings. The molecule has 0 spiro atoms. The summed E-state index contributed by atoms with van der Waals surface area (Å²) in [5.74, 6) is 0. The Kier molecular flexibility index (Phi) is 7.14. The van der Waals surface area contributed by atoms with Crippen LogP contribution in [0.2, 0.25) is 10.0 Å². The third-order valence-electron chi connectivity index (χ3n) is 6.46. The van der Waals surface area contributed by atoms with E-state index in [0.717, 1.165) is 56.9 Å². The molecule has 2 aromatic rings. The molecular weight excluding hydrogens is 453 g/mol. The van der Waals surface area contributed by atoms with Crippen molar-refractivity contribution in [2.75, 3.05) is 31.1 Å². The third kappa shape index (κ3) is 5.37. The lowest BCUT2D eigenvalue weighted by Crippen LogP contribution is -2.58. The van der Waals surface area contributed by atoms with Crippen LogP contribution in [0, 0.1) is 6.92 Å². The molecule has 0 amide bonds. The zero-order valence-electron chi connectivity index (χ0n) is 17.7. The van der Waals surface area contributed by atoms with Crippen molar-refractivity contribution in [2.24, 2.45) is 0 Å². The number of nitrogens with zero attached hydrogens (tertiary/aromatic N) is 2. The highest BCUT2D eigenvalue weighted by Gasteiger charge is 2.35. The number of piperazine rings is 1. The van der Waals surface area contributed by atoms with Gasteiger partial charge in [-0.2, -0.15) is 0 Å². The average molecular weight is 482 g/mol. The predicted molar refractivity (Wildman–Crippen MR) is 128 cm³/mol. The number of benzene rings is 2. The molecule has 2 aliphatic rings. The smallest absolute Gasteiger partial charge is 0.240 e. The largest absolute Gasteiger partial charge is 0.369 e. The van der Waals surface area contributed by atoms with Crippen LogP contribution < -0.4 is 9.62 Å². The average Bonchev–Trinajstić information content (AvgIpc) is 2.76. The second kappa shape index (κ2) is 9.67. The Morgan fingerprint density at radius 2 is 1.55 bits per heavy atom. The third-order valence-corrected chi connectivity index (χ3v) is 8.45. The molecule has 2 atom stereocenters. The molecule has 8 heteroatoms. The van der Waals surface area contributed by atoms with Gasteiger partial charge in [-0.25, -0.2) is 13.1 Å². The first-order valence-electron chi connectivity index (χ1n) is 10.9. The van der Waals surface area contributed by atoms with Crippen molar-refractivity contribution >= 4 is 38.9 Å². The van der Waals surface area contributed by atoms with E-state index in [4.69, 9.17) is 23.2 Å². The summed E-state index contributed by atoms with van der Waals surface area (Å²) in [4.78, 5) is 5.11. The van der Waals surface area contributed by atoms with Gasteiger partial charge in [0.05, 0.1) is 4.90 Å². The minimum absolute atomic E-state index is 0.0751. The fourth-order valence-electron chi connectivity index (χ4n) is 4.78. The molecule has 1 heterocycles. The zero-order valence-corrected chi connectivity index (χ0v) is 20.1. The number of hydrogen-bond donors (Lipinski definition) is 1. The first-order valence-corrected chi connectivity index (χ1v) is 13.1. The first-order chi connectivity index (χ1) is 14.8. The standard InChI is InChI=1S/C23H29Cl2N3O2S/c1-17-6-7-19(25)16-23(17)28-14-12-27(13-15-28)22-5-3-2-4-21(22)26-31(29,30)20-10-8-18(24)9-11-20/h6-11,16,21-22,26H,2-5,12-15H2,1H3/t21-,22+/m1/s1. The van der Waals surface area contributed by atoms with Crippen molar-refractivity contribution in [1.29, 1.82) is 0 Å². The van der Waals surface area contributed by atoms with Crippen LogP contribution in [-0.4, -0.2) is 51.6 Å². The molecule has 1 aliphatic carbocycles. The number of hydrogen-bond acceptors (Lipinski definition) is 4. The van der Waals surface area contributed by atoms with Crippen LogP contribution in [0.5, 0.6) is 0 Å². The second-order valence-corrected chi connectivity index (χ2v) is 11.1. The number of anilines is 1. The Bertz CT molecular complexity index is 1010. The van der Waals surface area contributed by atoms with Crippen molar-refractivity contribution < 1.29 is 8.42 Å². The summed E-state index contributed by atoms with van der Waals surface area (Å²) >= 11 is 12.1. The Balaban J connectivity index is 1.43. The van der Waals surface area contributed by atoms with Gasteiger partial charge in [0.2, 0.25) is 10.0 Å². The molecule has 2 aromatic carbocycles. The Morgan fingerprint density at radius 1 is 0.903 bits per heavy atom. The number of rotatable bonds is 5. The van der Waals surface area contributed by atoms with Gasteiger partial charge in [-0.05, 0) is 61.7 Å². The highest BCUT2D eigenvalue weighted by Crippen LogP contribution is 2.29. The van der Waals surface area contributed by atoms with Crippen LogP contribution in [0.1, 0.15) is 31.2 Å². The van der Waals surface area contributed by atoms with Crippen molar-refractivity contribution in [3.8, 4) is 0 Å². The molecule has 5 nitrogen and oxygen atoms in total. The molecule has 4 rings (SSSR count). The summed E-state index contributed by atoms with van der Waals surface area (Å²) in [5.41, 5.74) is 2.42. The normalized spacial score (nSPS) is 23.1. The van der Waals surface area contributed by atoms with E-state index in [2.05, 4.69) is 27.5 Å². The molecule has 1 saturated heterocycles. The van der Waals surface area contributed by atoms with Crippen LogP contribution in [0.4, 0.5) is 5.69 Å². The van der Waals surface area contributed by atoms with E-state index >= 15 is 0 Å². The van der Waals surface area contributed by atoms with E-state index in [1.54, 1.807) is 24.3 Å². The minimum atomic E-state index is -3.57. The first kappa shape index (κ1) is 22.9. The van der Waals surface area contributed by atoms with Gasteiger partial charge in [0.15, 0.2) is 0 Å². The number of halogens is 2. The minimum Gasteiger partial charge on any atom is -0.369 e. The van der Waals surface area contributed by atoms with Crippen LogP contribution >= 0.6 is 23.2 Å². The van der Waals surface area contributed by atoms with E-state index in [0.29, 0.717) is 5.02 Å². The molecule has 31 heavy (non-hydrogen) atoms. The predicted octanol–water partition coefficient (Wildman–Crippen LogP) is 4.71. The molecule has 1 N–H and O–H groups in total. The van der Waals surface area contributed by atoms with Crippen molar-refractivity contribution in [3.05, 3.63) is 58.1 Å². The van der Waals surface area contributed by atoms with Crippen molar-refractivity contribution in [3.63, 3.8) is 0 Å². The SMILES string of the molecule is Cc1ccc(Cl)cc1N1CCN([C@H]2CCCC[C@H]2NS(=O)(=O)c2ccc(Cl)cc2)CC1. The van der Waals surface area contributed by atoms with Crippen LogP contribution in [0.3, 0.4) is 0 Å². The topological polar surface area (TPSA) is 52.6 Å². The van der Waals surface area contributed by atoms with E-state index in [-0.39, 0.29) is 17.0 Å². The molecule has 168 valence electrons. The summed E-state index contributed by atoms with van der Waals surface area (Å²) in [6.07, 6.45) is 4.07. The molecule has 0 radical (unpaired) electrons. The summed E-state index contributed by atoms with van der Waals surface area (Å²) < 4.78 is 28.9. The fourth-order valence-corrected chi connectivity index (χ4v) is 6.38. The Morgan fingerprint density at radius 3 is 2.26 bits per heavy atom. The van der Waals surface area contributed by atoms with Gasteiger partial charge in [-0.1, -0.05) is 42.1 Å². The Hall–Kier alpha value is -1.31. The number of aryl methyl sites for hydroxylation is 1. The molecular formula is C23H29Cl2N3O2S.